The number of nitrogens with zero attached hydrogens (tertiary/aromatic N) is 1. The number of hydrogen-bond donors (Lipinski definition) is 1. The Labute approximate surface area is 76.8 Å². The van der Waals surface area contributed by atoms with Gasteiger partial charge in [0.1, 0.15) is 5.52 Å². The summed E-state index contributed by atoms with van der Waals surface area (Å²) in [6, 6.07) is 6.53. The van der Waals surface area contributed by atoms with Crippen LogP contribution in [0.15, 0.2) is 22.6 Å². The van der Waals surface area contributed by atoms with Crippen molar-refractivity contribution in [2.75, 3.05) is 11.9 Å². The Morgan fingerprint density at radius 3 is 3.00 bits per heavy atom. The minimum atomic E-state index is 0.604. The zero-order valence-electron chi connectivity index (χ0n) is 7.79. The SMILES string of the molecule is CCNc1nc2c(C)cccc2o1. The average molecular weight is 176 g/mol. The van der Waals surface area contributed by atoms with Gasteiger partial charge in [-0.1, -0.05) is 12.1 Å². The van der Waals surface area contributed by atoms with Gasteiger partial charge in [-0.15, -0.1) is 0 Å². The molecule has 0 saturated heterocycles. The van der Waals surface area contributed by atoms with Crippen molar-refractivity contribution in [1.82, 2.24) is 4.98 Å². The molecular weight excluding hydrogens is 164 g/mol. The van der Waals surface area contributed by atoms with Crippen LogP contribution in [0.1, 0.15) is 12.5 Å². The highest BCUT2D eigenvalue weighted by Crippen LogP contribution is 2.21. The number of aryl methyl sites for hydroxylation is 1. The molecule has 0 aliphatic heterocycles. The highest BCUT2D eigenvalue weighted by Gasteiger charge is 2.05. The van der Waals surface area contributed by atoms with E-state index >= 15 is 0 Å². The van der Waals surface area contributed by atoms with Gasteiger partial charge < -0.3 is 9.73 Å². The van der Waals surface area contributed by atoms with Gasteiger partial charge in [0.2, 0.25) is 0 Å². The molecule has 0 unspecified atom stereocenters. The zero-order valence-corrected chi connectivity index (χ0v) is 7.79. The summed E-state index contributed by atoms with van der Waals surface area (Å²) in [7, 11) is 0. The summed E-state index contributed by atoms with van der Waals surface area (Å²) >= 11 is 0. The molecule has 0 saturated carbocycles. The summed E-state index contributed by atoms with van der Waals surface area (Å²) in [6.07, 6.45) is 0. The number of rotatable bonds is 2. The first-order valence-electron chi connectivity index (χ1n) is 4.41. The van der Waals surface area contributed by atoms with Crippen LogP contribution in [0.5, 0.6) is 0 Å². The van der Waals surface area contributed by atoms with Gasteiger partial charge in [-0.3, -0.25) is 0 Å². The first-order valence-corrected chi connectivity index (χ1v) is 4.41. The van der Waals surface area contributed by atoms with Gasteiger partial charge in [0, 0.05) is 6.54 Å². The van der Waals surface area contributed by atoms with Crippen LogP contribution in [0.25, 0.3) is 11.1 Å². The molecule has 2 rings (SSSR count). The molecule has 1 N–H and O–H groups in total. The van der Waals surface area contributed by atoms with Crippen LogP contribution >= 0.6 is 0 Å². The van der Waals surface area contributed by atoms with Crippen molar-refractivity contribution in [3.63, 3.8) is 0 Å². The summed E-state index contributed by atoms with van der Waals surface area (Å²) in [4.78, 5) is 4.32. The molecule has 1 heterocycles. The van der Waals surface area contributed by atoms with Crippen molar-refractivity contribution in [3.05, 3.63) is 23.8 Å². The Morgan fingerprint density at radius 1 is 1.46 bits per heavy atom. The van der Waals surface area contributed by atoms with E-state index in [1.54, 1.807) is 0 Å². The van der Waals surface area contributed by atoms with Gasteiger partial charge in [0.15, 0.2) is 5.58 Å². The lowest BCUT2D eigenvalue weighted by Gasteiger charge is -1.91. The first kappa shape index (κ1) is 8.10. The molecule has 68 valence electrons. The second kappa shape index (κ2) is 3.09. The van der Waals surface area contributed by atoms with Crippen LogP contribution in [0.4, 0.5) is 6.01 Å². The Balaban J connectivity index is 2.55. The monoisotopic (exact) mass is 176 g/mol. The maximum atomic E-state index is 5.47. The van der Waals surface area contributed by atoms with Gasteiger partial charge in [0.05, 0.1) is 0 Å². The normalized spacial score (nSPS) is 10.6. The van der Waals surface area contributed by atoms with Crippen LogP contribution in [0, 0.1) is 6.92 Å². The minimum Gasteiger partial charge on any atom is -0.424 e. The van der Waals surface area contributed by atoms with Crippen molar-refractivity contribution in [1.29, 1.82) is 0 Å². The molecule has 13 heavy (non-hydrogen) atoms. The second-order valence-corrected chi connectivity index (χ2v) is 2.97. The number of fused-ring (bicyclic) bond motifs is 1. The lowest BCUT2D eigenvalue weighted by atomic mass is 10.2. The number of hydrogen-bond acceptors (Lipinski definition) is 3. The summed E-state index contributed by atoms with van der Waals surface area (Å²) < 4.78 is 5.47. The molecule has 0 bridgehead atoms. The van der Waals surface area contributed by atoms with Crippen LogP contribution in [-0.2, 0) is 0 Å². The predicted molar refractivity (Wildman–Crippen MR) is 52.9 cm³/mol. The molecule has 2 aromatic rings. The Bertz CT molecular complexity index is 420. The third kappa shape index (κ3) is 1.37. The second-order valence-electron chi connectivity index (χ2n) is 2.97. The van der Waals surface area contributed by atoms with Crippen LogP contribution < -0.4 is 5.32 Å². The molecule has 3 nitrogen and oxygen atoms in total. The fourth-order valence-electron chi connectivity index (χ4n) is 1.31. The fraction of sp³-hybridized carbons (Fsp3) is 0.300. The van der Waals surface area contributed by atoms with Crippen molar-refractivity contribution in [3.8, 4) is 0 Å². The Kier molecular flexibility index (Phi) is 1.93. The van der Waals surface area contributed by atoms with Gasteiger partial charge in [-0.25, -0.2) is 0 Å². The summed E-state index contributed by atoms with van der Waals surface area (Å²) in [6.45, 7) is 4.87. The van der Waals surface area contributed by atoms with E-state index in [-0.39, 0.29) is 0 Å². The molecule has 0 aliphatic carbocycles. The van der Waals surface area contributed by atoms with Gasteiger partial charge in [-0.05, 0) is 25.5 Å². The van der Waals surface area contributed by atoms with E-state index in [1.165, 1.54) is 0 Å². The molecule has 0 spiro atoms. The van der Waals surface area contributed by atoms with E-state index in [1.807, 2.05) is 32.0 Å². The van der Waals surface area contributed by atoms with Gasteiger partial charge >= 0.3 is 0 Å². The first-order chi connectivity index (χ1) is 6.31. The molecule has 1 aromatic heterocycles. The van der Waals surface area contributed by atoms with E-state index in [2.05, 4.69) is 10.3 Å². The van der Waals surface area contributed by atoms with Gasteiger partial charge in [-0.2, -0.15) is 4.98 Å². The highest BCUT2D eigenvalue weighted by atomic mass is 16.4. The van der Waals surface area contributed by atoms with Crippen LogP contribution in [0.3, 0.4) is 0 Å². The highest BCUT2D eigenvalue weighted by molar-refractivity contribution is 5.77. The van der Waals surface area contributed by atoms with Crippen LogP contribution in [-0.4, -0.2) is 11.5 Å². The van der Waals surface area contributed by atoms with E-state index in [9.17, 15) is 0 Å². The molecule has 0 amide bonds. The lowest BCUT2D eigenvalue weighted by Crippen LogP contribution is -1.95. The molecule has 0 atom stereocenters. The van der Waals surface area contributed by atoms with E-state index in [0.717, 1.165) is 23.2 Å². The summed E-state index contributed by atoms with van der Waals surface area (Å²) in [5.74, 6) is 0. The largest absolute Gasteiger partial charge is 0.424 e. The maximum Gasteiger partial charge on any atom is 0.295 e. The van der Waals surface area contributed by atoms with E-state index < -0.39 is 0 Å². The Hall–Kier alpha value is -1.51. The van der Waals surface area contributed by atoms with Crippen molar-refractivity contribution in [2.24, 2.45) is 0 Å². The molecule has 1 aromatic carbocycles. The number of oxazole rings is 1. The third-order valence-electron chi connectivity index (χ3n) is 1.95. The third-order valence-corrected chi connectivity index (χ3v) is 1.95. The number of benzene rings is 1. The maximum absolute atomic E-state index is 5.47. The minimum absolute atomic E-state index is 0.604. The van der Waals surface area contributed by atoms with E-state index in [4.69, 9.17) is 4.42 Å². The lowest BCUT2D eigenvalue weighted by molar-refractivity contribution is 0.616. The fourth-order valence-corrected chi connectivity index (χ4v) is 1.31. The van der Waals surface area contributed by atoms with Crippen molar-refractivity contribution < 1.29 is 4.42 Å². The smallest absolute Gasteiger partial charge is 0.295 e. The zero-order chi connectivity index (χ0) is 9.26. The van der Waals surface area contributed by atoms with Crippen molar-refractivity contribution in [2.45, 2.75) is 13.8 Å². The quantitative estimate of drug-likeness (QED) is 0.764. The topological polar surface area (TPSA) is 38.1 Å². The van der Waals surface area contributed by atoms with Crippen LogP contribution in [0.2, 0.25) is 0 Å². The molecular formula is C10H12N2O. The van der Waals surface area contributed by atoms with Gasteiger partial charge in [0.25, 0.3) is 6.01 Å². The van der Waals surface area contributed by atoms with E-state index in [0.29, 0.717) is 6.01 Å². The summed E-state index contributed by atoms with van der Waals surface area (Å²) in [5, 5.41) is 3.05. The van der Waals surface area contributed by atoms with Crippen molar-refractivity contribution >= 4 is 17.1 Å². The number of para-hydroxylation sites is 1. The molecule has 0 aliphatic rings. The molecule has 0 fully saturated rings. The predicted octanol–water partition coefficient (Wildman–Crippen LogP) is 2.57. The number of aromatic nitrogens is 1. The number of anilines is 1. The average Bonchev–Trinajstić information content (AvgIpc) is 2.49. The molecule has 3 heteroatoms. The Morgan fingerprint density at radius 2 is 2.31 bits per heavy atom. The summed E-state index contributed by atoms with van der Waals surface area (Å²) in [5.41, 5.74) is 2.93. The molecule has 0 radical (unpaired) electrons. The standard InChI is InChI=1S/C10H12N2O/c1-3-11-10-12-9-7(2)5-4-6-8(9)13-10/h4-6H,3H2,1-2H3,(H,11,12). The number of nitrogens with one attached hydrogen (secondary N) is 1.